The molecule has 2 aromatic heterocycles. The van der Waals surface area contributed by atoms with E-state index in [-0.39, 0.29) is 11.2 Å². The summed E-state index contributed by atoms with van der Waals surface area (Å²) in [6.45, 7) is 3.73. The minimum absolute atomic E-state index is 0.264. The Labute approximate surface area is 149 Å². The van der Waals surface area contributed by atoms with Gasteiger partial charge >= 0.3 is 5.69 Å². The molecule has 136 valence electrons. The van der Waals surface area contributed by atoms with Crippen LogP contribution in [0, 0.1) is 0 Å². The van der Waals surface area contributed by atoms with Gasteiger partial charge in [-0.05, 0) is 30.7 Å². The summed E-state index contributed by atoms with van der Waals surface area (Å²) in [5.74, 6) is 1.47. The van der Waals surface area contributed by atoms with E-state index in [2.05, 4.69) is 4.98 Å². The Hall–Kier alpha value is -3.03. The van der Waals surface area contributed by atoms with Gasteiger partial charge in [0.25, 0.3) is 5.56 Å². The van der Waals surface area contributed by atoms with E-state index in [1.54, 1.807) is 14.2 Å². The van der Waals surface area contributed by atoms with Gasteiger partial charge < -0.3 is 14.2 Å². The maximum absolute atomic E-state index is 12.9. The molecule has 8 nitrogen and oxygen atoms in total. The Bertz CT molecular complexity index is 1090. The van der Waals surface area contributed by atoms with Crippen molar-refractivity contribution < 1.29 is 4.74 Å². The summed E-state index contributed by atoms with van der Waals surface area (Å²) >= 11 is 0. The molecular formula is C18H21N5O3. The highest BCUT2D eigenvalue weighted by Crippen LogP contribution is 2.32. The van der Waals surface area contributed by atoms with Crippen molar-refractivity contribution in [1.29, 1.82) is 0 Å². The standard InChI is InChI=1S/C18H21N5O3/c1-4-9-23-16(24)14-15(20(2)18(23)25)19-17-21(10-11-22(14)17)12-5-7-13(26-3)8-6-12/h5-8H,4,9-11H2,1-3H3. The lowest BCUT2D eigenvalue weighted by atomic mass is 10.3. The molecule has 3 aromatic rings. The molecular weight excluding hydrogens is 334 g/mol. The fourth-order valence-corrected chi connectivity index (χ4v) is 3.51. The Morgan fingerprint density at radius 3 is 2.54 bits per heavy atom. The third-order valence-electron chi connectivity index (χ3n) is 4.83. The summed E-state index contributed by atoms with van der Waals surface area (Å²) in [5, 5.41) is 0. The van der Waals surface area contributed by atoms with Gasteiger partial charge in [-0.25, -0.2) is 4.79 Å². The Balaban J connectivity index is 1.90. The molecule has 1 aromatic carbocycles. The molecule has 0 aliphatic carbocycles. The lowest BCUT2D eigenvalue weighted by Crippen LogP contribution is -2.39. The summed E-state index contributed by atoms with van der Waals surface area (Å²) in [6.07, 6.45) is 0.722. The molecule has 0 saturated heterocycles. The molecule has 4 rings (SSSR count). The second-order valence-electron chi connectivity index (χ2n) is 6.38. The van der Waals surface area contributed by atoms with Crippen LogP contribution in [0.15, 0.2) is 33.9 Å². The van der Waals surface area contributed by atoms with Gasteiger partial charge in [-0.2, -0.15) is 4.98 Å². The van der Waals surface area contributed by atoms with Gasteiger partial charge in [0.1, 0.15) is 5.75 Å². The van der Waals surface area contributed by atoms with E-state index in [0.29, 0.717) is 30.2 Å². The normalized spacial score (nSPS) is 13.4. The minimum Gasteiger partial charge on any atom is -0.497 e. The molecule has 26 heavy (non-hydrogen) atoms. The number of anilines is 2. The van der Waals surface area contributed by atoms with E-state index in [1.165, 1.54) is 9.13 Å². The molecule has 8 heteroatoms. The summed E-state index contributed by atoms with van der Waals surface area (Å²) in [5.41, 5.74) is 1.31. The number of imidazole rings is 1. The average molecular weight is 355 g/mol. The van der Waals surface area contributed by atoms with Crippen LogP contribution < -0.4 is 20.9 Å². The van der Waals surface area contributed by atoms with Crippen molar-refractivity contribution in [2.24, 2.45) is 7.05 Å². The van der Waals surface area contributed by atoms with Gasteiger partial charge in [-0.3, -0.25) is 13.9 Å². The van der Waals surface area contributed by atoms with Crippen LogP contribution in [0.1, 0.15) is 13.3 Å². The van der Waals surface area contributed by atoms with Gasteiger partial charge in [0.05, 0.1) is 7.11 Å². The fourth-order valence-electron chi connectivity index (χ4n) is 3.51. The number of aromatic nitrogens is 4. The fraction of sp³-hybridized carbons (Fsp3) is 0.389. The monoisotopic (exact) mass is 355 g/mol. The Morgan fingerprint density at radius 2 is 1.88 bits per heavy atom. The number of hydrogen-bond donors (Lipinski definition) is 0. The van der Waals surface area contributed by atoms with Crippen molar-refractivity contribution in [3.63, 3.8) is 0 Å². The zero-order chi connectivity index (χ0) is 18.4. The second kappa shape index (κ2) is 6.05. The molecule has 0 N–H and O–H groups in total. The number of rotatable bonds is 4. The average Bonchev–Trinajstić information content (AvgIpc) is 3.23. The number of fused-ring (bicyclic) bond motifs is 3. The number of methoxy groups -OCH3 is 1. The zero-order valence-electron chi connectivity index (χ0n) is 15.1. The number of hydrogen-bond acceptors (Lipinski definition) is 5. The van der Waals surface area contributed by atoms with Crippen LogP contribution in [0.2, 0.25) is 0 Å². The number of ether oxygens (including phenoxy) is 1. The van der Waals surface area contributed by atoms with Crippen LogP contribution in [-0.4, -0.2) is 32.3 Å². The van der Waals surface area contributed by atoms with Crippen molar-refractivity contribution in [3.05, 3.63) is 45.1 Å². The van der Waals surface area contributed by atoms with E-state index in [1.807, 2.05) is 40.7 Å². The highest BCUT2D eigenvalue weighted by atomic mass is 16.5. The van der Waals surface area contributed by atoms with Crippen LogP contribution in [0.4, 0.5) is 11.6 Å². The van der Waals surface area contributed by atoms with E-state index in [4.69, 9.17) is 4.74 Å². The van der Waals surface area contributed by atoms with Crippen molar-refractivity contribution in [3.8, 4) is 5.75 Å². The maximum atomic E-state index is 12.9. The molecule has 0 bridgehead atoms. The lowest BCUT2D eigenvalue weighted by molar-refractivity contribution is 0.415. The highest BCUT2D eigenvalue weighted by molar-refractivity contribution is 5.77. The maximum Gasteiger partial charge on any atom is 0.332 e. The van der Waals surface area contributed by atoms with Crippen LogP contribution in [0.5, 0.6) is 5.75 Å². The quantitative estimate of drug-likeness (QED) is 0.708. The van der Waals surface area contributed by atoms with Gasteiger partial charge in [0.2, 0.25) is 5.95 Å². The molecule has 1 aliphatic heterocycles. The van der Waals surface area contributed by atoms with Crippen molar-refractivity contribution in [2.45, 2.75) is 26.4 Å². The molecule has 0 saturated carbocycles. The lowest BCUT2D eigenvalue weighted by Gasteiger charge is -2.16. The van der Waals surface area contributed by atoms with Gasteiger partial charge in [0.15, 0.2) is 11.2 Å². The first kappa shape index (κ1) is 16.4. The number of nitrogens with zero attached hydrogens (tertiary/aromatic N) is 5. The zero-order valence-corrected chi connectivity index (χ0v) is 15.1. The number of aryl methyl sites for hydroxylation is 1. The molecule has 0 amide bonds. The molecule has 0 fully saturated rings. The second-order valence-corrected chi connectivity index (χ2v) is 6.38. The van der Waals surface area contributed by atoms with Crippen molar-refractivity contribution >= 4 is 22.8 Å². The third kappa shape index (κ3) is 2.25. The molecule has 1 aliphatic rings. The summed E-state index contributed by atoms with van der Waals surface area (Å²) in [4.78, 5) is 32.1. The topological polar surface area (TPSA) is 74.3 Å². The van der Waals surface area contributed by atoms with Crippen LogP contribution >= 0.6 is 0 Å². The van der Waals surface area contributed by atoms with Gasteiger partial charge in [-0.1, -0.05) is 6.92 Å². The third-order valence-corrected chi connectivity index (χ3v) is 4.83. The molecule has 3 heterocycles. The van der Waals surface area contributed by atoms with Crippen molar-refractivity contribution in [1.82, 2.24) is 18.7 Å². The molecule has 0 atom stereocenters. The van der Waals surface area contributed by atoms with Crippen LogP contribution in [0.3, 0.4) is 0 Å². The first-order valence-electron chi connectivity index (χ1n) is 8.68. The van der Waals surface area contributed by atoms with Crippen LogP contribution in [-0.2, 0) is 20.1 Å². The predicted molar refractivity (Wildman–Crippen MR) is 99.5 cm³/mol. The summed E-state index contributed by atoms with van der Waals surface area (Å²) in [7, 11) is 3.29. The summed E-state index contributed by atoms with van der Waals surface area (Å²) < 4.78 is 9.88. The first-order valence-corrected chi connectivity index (χ1v) is 8.68. The minimum atomic E-state index is -0.322. The summed E-state index contributed by atoms with van der Waals surface area (Å²) in [6, 6.07) is 7.71. The molecule has 0 spiro atoms. The van der Waals surface area contributed by atoms with Gasteiger partial charge in [-0.15, -0.1) is 0 Å². The molecule has 0 unspecified atom stereocenters. The smallest absolute Gasteiger partial charge is 0.332 e. The van der Waals surface area contributed by atoms with E-state index in [9.17, 15) is 9.59 Å². The van der Waals surface area contributed by atoms with E-state index < -0.39 is 0 Å². The first-order chi connectivity index (χ1) is 12.6. The largest absolute Gasteiger partial charge is 0.497 e. The van der Waals surface area contributed by atoms with E-state index in [0.717, 1.165) is 24.4 Å². The van der Waals surface area contributed by atoms with Crippen molar-refractivity contribution in [2.75, 3.05) is 18.6 Å². The number of benzene rings is 1. The SMILES string of the molecule is CCCn1c(=O)c2c(nc3n2CCN3c2ccc(OC)cc2)n(C)c1=O. The Morgan fingerprint density at radius 1 is 1.15 bits per heavy atom. The molecule has 0 radical (unpaired) electrons. The van der Waals surface area contributed by atoms with Crippen LogP contribution in [0.25, 0.3) is 11.2 Å². The highest BCUT2D eigenvalue weighted by Gasteiger charge is 2.28. The predicted octanol–water partition coefficient (Wildman–Crippen LogP) is 1.47. The van der Waals surface area contributed by atoms with E-state index >= 15 is 0 Å². The Kier molecular flexibility index (Phi) is 3.82. The van der Waals surface area contributed by atoms with Gasteiger partial charge in [0, 0.05) is 32.4 Å².